The van der Waals surface area contributed by atoms with Crippen molar-refractivity contribution in [3.05, 3.63) is 83.4 Å². The third-order valence-electron chi connectivity index (χ3n) is 6.56. The first-order valence-electron chi connectivity index (χ1n) is 13.8. The van der Waals surface area contributed by atoms with Crippen LogP contribution in [0.1, 0.15) is 63.1 Å². The highest BCUT2D eigenvalue weighted by atomic mass is 16.5. The summed E-state index contributed by atoms with van der Waals surface area (Å²) in [5.74, 6) is 0.592. The van der Waals surface area contributed by atoms with Crippen molar-refractivity contribution in [3.63, 3.8) is 0 Å². The quantitative estimate of drug-likeness (QED) is 0.251. The molecule has 3 aromatic carbocycles. The zero-order chi connectivity index (χ0) is 26.9. The van der Waals surface area contributed by atoms with Crippen molar-refractivity contribution >= 4 is 23.0 Å². The molecule has 3 aromatic rings. The minimum Gasteiger partial charge on any atom is -0.490 e. The first-order chi connectivity index (χ1) is 18.6. The van der Waals surface area contributed by atoms with E-state index in [1.54, 1.807) is 0 Å². The van der Waals surface area contributed by atoms with Gasteiger partial charge in [0.25, 0.3) is 0 Å². The number of amides is 1. The van der Waals surface area contributed by atoms with Gasteiger partial charge in [0.1, 0.15) is 5.92 Å². The predicted molar refractivity (Wildman–Crippen MR) is 155 cm³/mol. The lowest BCUT2D eigenvalue weighted by Gasteiger charge is -2.21. The Balaban J connectivity index is 1.72. The van der Waals surface area contributed by atoms with Gasteiger partial charge in [-0.3, -0.25) is 14.7 Å². The van der Waals surface area contributed by atoms with E-state index in [-0.39, 0.29) is 5.91 Å². The van der Waals surface area contributed by atoms with Crippen molar-refractivity contribution in [2.45, 2.75) is 53.0 Å². The van der Waals surface area contributed by atoms with Gasteiger partial charge in [-0.1, -0.05) is 56.3 Å². The summed E-state index contributed by atoms with van der Waals surface area (Å²) in [6.07, 6.45) is 2.29. The van der Waals surface area contributed by atoms with Crippen molar-refractivity contribution in [2.24, 2.45) is 4.99 Å². The van der Waals surface area contributed by atoms with Gasteiger partial charge in [-0.2, -0.15) is 0 Å². The molecule has 0 fully saturated rings. The average molecular weight is 514 g/mol. The second-order valence-corrected chi connectivity index (χ2v) is 9.48. The highest BCUT2D eigenvalue weighted by Gasteiger charge is 2.36. The maximum atomic E-state index is 13.4. The Morgan fingerprint density at radius 3 is 2.11 bits per heavy atom. The molecule has 1 heterocycles. The predicted octanol–water partition coefficient (Wildman–Crippen LogP) is 6.96. The fourth-order valence-corrected chi connectivity index (χ4v) is 4.96. The molecule has 6 nitrogen and oxygen atoms in total. The van der Waals surface area contributed by atoms with Gasteiger partial charge < -0.3 is 14.8 Å². The number of carbonyl (C=O) groups is 1. The van der Waals surface area contributed by atoms with Gasteiger partial charge in [0.15, 0.2) is 11.5 Å². The van der Waals surface area contributed by atoms with E-state index in [1.807, 2.05) is 68.4 Å². The number of carbonyl (C=O) groups excluding carboxylic acids is 1. The third-order valence-corrected chi connectivity index (χ3v) is 6.56. The maximum Gasteiger partial charge on any atom is 0.238 e. The zero-order valence-electron chi connectivity index (χ0n) is 23.0. The van der Waals surface area contributed by atoms with E-state index in [0.717, 1.165) is 55.0 Å². The number of benzene rings is 3. The summed E-state index contributed by atoms with van der Waals surface area (Å²) >= 11 is 0. The number of hydrogen-bond acceptors (Lipinski definition) is 5. The minimum atomic E-state index is -0.563. The molecule has 0 saturated heterocycles. The van der Waals surface area contributed by atoms with Crippen LogP contribution in [0, 0.1) is 0 Å². The first kappa shape index (κ1) is 27.4. The summed E-state index contributed by atoms with van der Waals surface area (Å²) in [6.45, 7) is 12.4. The summed E-state index contributed by atoms with van der Waals surface area (Å²) in [5.41, 5.74) is 5.28. The molecule has 4 rings (SSSR count). The van der Waals surface area contributed by atoms with Crippen LogP contribution in [0.5, 0.6) is 11.5 Å². The van der Waals surface area contributed by atoms with Crippen LogP contribution in [-0.2, 0) is 11.3 Å². The van der Waals surface area contributed by atoms with Gasteiger partial charge in [0, 0.05) is 18.3 Å². The molecule has 0 radical (unpaired) electrons. The molecule has 0 aromatic heterocycles. The number of nitrogens with one attached hydrogen (secondary N) is 1. The molecule has 0 aliphatic carbocycles. The molecule has 1 unspecified atom stereocenters. The molecule has 1 aliphatic rings. The van der Waals surface area contributed by atoms with E-state index in [2.05, 4.69) is 36.2 Å². The highest BCUT2D eigenvalue weighted by molar-refractivity contribution is 6.24. The van der Waals surface area contributed by atoms with Crippen LogP contribution in [-0.4, -0.2) is 42.8 Å². The molecule has 6 heteroatoms. The Labute approximate surface area is 226 Å². The molecule has 1 atom stereocenters. The zero-order valence-corrected chi connectivity index (χ0v) is 23.0. The van der Waals surface area contributed by atoms with Crippen molar-refractivity contribution in [3.8, 4) is 11.5 Å². The summed E-state index contributed by atoms with van der Waals surface area (Å²) in [4.78, 5) is 20.9. The molecule has 0 spiro atoms. The van der Waals surface area contributed by atoms with Crippen LogP contribution in [0.2, 0.25) is 0 Å². The SMILES string of the molecule is CCCN(CCC)Cc1ccc(N=C(c2ccccc2)C2C(=O)Nc3cc(OCC)c(OCC)cc32)cc1. The Morgan fingerprint density at radius 2 is 1.50 bits per heavy atom. The summed E-state index contributed by atoms with van der Waals surface area (Å²) in [6, 6.07) is 22.1. The second-order valence-electron chi connectivity index (χ2n) is 9.48. The lowest BCUT2D eigenvalue weighted by Crippen LogP contribution is -2.24. The Kier molecular flexibility index (Phi) is 9.55. The molecular formula is C32H39N3O3. The molecule has 0 bridgehead atoms. The van der Waals surface area contributed by atoms with Crippen LogP contribution >= 0.6 is 0 Å². The average Bonchev–Trinajstić information content (AvgIpc) is 3.23. The van der Waals surface area contributed by atoms with Crippen LogP contribution in [0.4, 0.5) is 11.4 Å². The van der Waals surface area contributed by atoms with Crippen LogP contribution in [0.3, 0.4) is 0 Å². The van der Waals surface area contributed by atoms with Gasteiger partial charge in [0.05, 0.1) is 24.6 Å². The number of aliphatic imine (C=N–C) groups is 1. The molecule has 0 saturated carbocycles. The summed E-state index contributed by atoms with van der Waals surface area (Å²) in [5, 5.41) is 3.05. The lowest BCUT2D eigenvalue weighted by atomic mass is 9.90. The van der Waals surface area contributed by atoms with Crippen molar-refractivity contribution in [2.75, 3.05) is 31.6 Å². The van der Waals surface area contributed by atoms with Crippen molar-refractivity contribution in [1.82, 2.24) is 4.90 Å². The van der Waals surface area contributed by atoms with Gasteiger partial charge >= 0.3 is 0 Å². The van der Waals surface area contributed by atoms with E-state index in [0.29, 0.717) is 30.4 Å². The van der Waals surface area contributed by atoms with E-state index in [1.165, 1.54) is 5.56 Å². The van der Waals surface area contributed by atoms with E-state index in [9.17, 15) is 4.79 Å². The van der Waals surface area contributed by atoms with Crippen LogP contribution in [0.15, 0.2) is 71.7 Å². The van der Waals surface area contributed by atoms with E-state index < -0.39 is 5.92 Å². The summed E-state index contributed by atoms with van der Waals surface area (Å²) < 4.78 is 11.7. The number of hydrogen-bond donors (Lipinski definition) is 1. The first-order valence-corrected chi connectivity index (χ1v) is 13.8. The lowest BCUT2D eigenvalue weighted by molar-refractivity contribution is -0.115. The molecule has 38 heavy (non-hydrogen) atoms. The van der Waals surface area contributed by atoms with Crippen molar-refractivity contribution < 1.29 is 14.3 Å². The fourth-order valence-electron chi connectivity index (χ4n) is 4.96. The Hall–Kier alpha value is -3.64. The van der Waals surface area contributed by atoms with Gasteiger partial charge in [-0.15, -0.1) is 0 Å². The number of nitrogens with zero attached hydrogens (tertiary/aromatic N) is 2. The number of ether oxygens (including phenoxy) is 2. The molecule has 200 valence electrons. The molecule has 1 N–H and O–H groups in total. The number of anilines is 1. The van der Waals surface area contributed by atoms with Gasteiger partial charge in [-0.05, 0) is 74.7 Å². The third kappa shape index (κ3) is 6.43. The second kappa shape index (κ2) is 13.2. The normalized spacial score (nSPS) is 14.9. The number of fused-ring (bicyclic) bond motifs is 1. The Bertz CT molecular complexity index is 1230. The van der Waals surface area contributed by atoms with Gasteiger partial charge in [-0.25, -0.2) is 0 Å². The molecule has 1 amide bonds. The largest absolute Gasteiger partial charge is 0.490 e. The summed E-state index contributed by atoms with van der Waals surface area (Å²) in [7, 11) is 0. The van der Waals surface area contributed by atoms with E-state index >= 15 is 0 Å². The smallest absolute Gasteiger partial charge is 0.238 e. The van der Waals surface area contributed by atoms with E-state index in [4.69, 9.17) is 14.5 Å². The monoisotopic (exact) mass is 513 g/mol. The van der Waals surface area contributed by atoms with Crippen LogP contribution in [0.25, 0.3) is 0 Å². The minimum absolute atomic E-state index is 0.106. The fraction of sp³-hybridized carbons (Fsp3) is 0.375. The topological polar surface area (TPSA) is 63.2 Å². The molecule has 1 aliphatic heterocycles. The Morgan fingerprint density at radius 1 is 0.868 bits per heavy atom. The van der Waals surface area contributed by atoms with Gasteiger partial charge in [0.2, 0.25) is 5.91 Å². The van der Waals surface area contributed by atoms with Crippen molar-refractivity contribution in [1.29, 1.82) is 0 Å². The molecular weight excluding hydrogens is 474 g/mol. The standard InChI is InChI=1S/C32H39N3O3/c1-5-18-35(19-6-2)22-23-14-16-25(17-15-23)33-31(24-12-10-9-11-13-24)30-26-20-28(37-7-3)29(38-8-4)21-27(26)34-32(30)36/h9-17,20-21,30H,5-8,18-19,22H2,1-4H3,(H,34,36). The highest BCUT2D eigenvalue weighted by Crippen LogP contribution is 2.43. The maximum absolute atomic E-state index is 13.4. The van der Waals surface area contributed by atoms with Crippen LogP contribution < -0.4 is 14.8 Å². The number of rotatable bonds is 13.